The molecule has 0 aromatic heterocycles. The number of carbonyl (C=O) groups is 1. The van der Waals surface area contributed by atoms with Crippen LogP contribution in [0.5, 0.6) is 5.75 Å². The van der Waals surface area contributed by atoms with Crippen molar-refractivity contribution in [3.05, 3.63) is 71.8 Å². The molecule has 1 heterocycles. The molecule has 138 valence electrons. The van der Waals surface area contributed by atoms with Crippen LogP contribution in [0, 0.1) is 0 Å². The van der Waals surface area contributed by atoms with Gasteiger partial charge in [0.15, 0.2) is 0 Å². The van der Waals surface area contributed by atoms with Crippen molar-refractivity contribution in [2.45, 2.75) is 13.0 Å². The minimum Gasteiger partial charge on any atom is -0.497 e. The number of likely N-dealkylation sites (N-methyl/N-ethyl adjacent to an activating group) is 1. The van der Waals surface area contributed by atoms with E-state index in [1.165, 1.54) is 11.3 Å². The fraction of sp³-hybridized carbons (Fsp3) is 0.261. The Morgan fingerprint density at radius 2 is 1.85 bits per heavy atom. The van der Waals surface area contributed by atoms with Crippen molar-refractivity contribution >= 4 is 22.4 Å². The van der Waals surface area contributed by atoms with Crippen molar-refractivity contribution in [1.29, 1.82) is 0 Å². The monoisotopic (exact) mass is 360 g/mol. The van der Waals surface area contributed by atoms with Crippen LogP contribution in [0.3, 0.4) is 0 Å². The number of para-hydroxylation sites is 1. The van der Waals surface area contributed by atoms with Crippen molar-refractivity contribution < 1.29 is 9.53 Å². The van der Waals surface area contributed by atoms with Gasteiger partial charge in [-0.2, -0.15) is 0 Å². The maximum atomic E-state index is 12.7. The lowest BCUT2D eigenvalue weighted by atomic mass is 10.1. The molecule has 0 saturated carbocycles. The third kappa shape index (κ3) is 3.61. The third-order valence-corrected chi connectivity index (χ3v) is 5.27. The predicted molar refractivity (Wildman–Crippen MR) is 109 cm³/mol. The van der Waals surface area contributed by atoms with Gasteiger partial charge in [0, 0.05) is 25.8 Å². The Kier molecular flexibility index (Phi) is 4.71. The van der Waals surface area contributed by atoms with Crippen LogP contribution in [0.25, 0.3) is 10.8 Å². The van der Waals surface area contributed by atoms with Crippen LogP contribution in [0.1, 0.15) is 11.1 Å². The molecule has 1 aliphatic rings. The Balaban J connectivity index is 1.43. The summed E-state index contributed by atoms with van der Waals surface area (Å²) in [6.45, 7) is 1.95. The van der Waals surface area contributed by atoms with Crippen LogP contribution in [0.15, 0.2) is 60.7 Å². The van der Waals surface area contributed by atoms with E-state index in [0.29, 0.717) is 13.1 Å². The number of amides is 1. The number of ether oxygens (including phenoxy) is 1. The molecular weight excluding hydrogens is 336 g/mol. The van der Waals surface area contributed by atoms with Gasteiger partial charge in [-0.05, 0) is 52.6 Å². The Labute approximate surface area is 160 Å². The summed E-state index contributed by atoms with van der Waals surface area (Å²) in [6.07, 6.45) is 1.02. The first-order valence-electron chi connectivity index (χ1n) is 9.27. The summed E-state index contributed by atoms with van der Waals surface area (Å²) in [5.41, 5.74) is 3.65. The summed E-state index contributed by atoms with van der Waals surface area (Å²) in [5.74, 6) is 0.995. The molecule has 0 spiro atoms. The van der Waals surface area contributed by atoms with Crippen LogP contribution < -0.4 is 9.64 Å². The first-order chi connectivity index (χ1) is 13.1. The van der Waals surface area contributed by atoms with E-state index in [4.69, 9.17) is 4.74 Å². The van der Waals surface area contributed by atoms with E-state index < -0.39 is 0 Å². The van der Waals surface area contributed by atoms with Gasteiger partial charge in [0.05, 0.1) is 13.7 Å². The second-order valence-electron chi connectivity index (χ2n) is 7.10. The van der Waals surface area contributed by atoms with Crippen molar-refractivity contribution in [3.8, 4) is 5.75 Å². The highest BCUT2D eigenvalue weighted by Gasteiger charge is 2.22. The molecule has 4 heteroatoms. The summed E-state index contributed by atoms with van der Waals surface area (Å²) >= 11 is 0. The van der Waals surface area contributed by atoms with Gasteiger partial charge in [-0.1, -0.05) is 36.4 Å². The molecule has 1 amide bonds. The topological polar surface area (TPSA) is 32.8 Å². The molecule has 0 aliphatic carbocycles. The number of nitrogens with zero attached hydrogens (tertiary/aromatic N) is 2. The van der Waals surface area contributed by atoms with Gasteiger partial charge >= 0.3 is 0 Å². The fourth-order valence-electron chi connectivity index (χ4n) is 3.72. The number of anilines is 1. The van der Waals surface area contributed by atoms with E-state index in [2.05, 4.69) is 47.4 Å². The molecule has 0 atom stereocenters. The molecule has 3 aromatic carbocycles. The molecule has 4 rings (SSSR count). The van der Waals surface area contributed by atoms with Gasteiger partial charge in [-0.25, -0.2) is 0 Å². The molecule has 0 radical (unpaired) electrons. The normalized spacial score (nSPS) is 12.9. The Morgan fingerprint density at radius 3 is 2.70 bits per heavy atom. The lowest BCUT2D eigenvalue weighted by Gasteiger charge is -2.23. The van der Waals surface area contributed by atoms with Crippen LogP contribution in [0.4, 0.5) is 5.69 Å². The highest BCUT2D eigenvalue weighted by molar-refractivity contribution is 5.85. The van der Waals surface area contributed by atoms with E-state index in [0.717, 1.165) is 35.1 Å². The number of carbonyl (C=O) groups excluding carboxylic acids is 1. The molecule has 1 aliphatic heterocycles. The van der Waals surface area contributed by atoms with Gasteiger partial charge in [0.25, 0.3) is 0 Å². The third-order valence-electron chi connectivity index (χ3n) is 5.27. The number of hydrogen-bond acceptors (Lipinski definition) is 3. The average molecular weight is 360 g/mol. The first kappa shape index (κ1) is 17.4. The number of benzene rings is 3. The molecule has 0 bridgehead atoms. The molecule has 0 saturated heterocycles. The second-order valence-corrected chi connectivity index (χ2v) is 7.10. The summed E-state index contributed by atoms with van der Waals surface area (Å²) in [6, 6.07) is 20.7. The van der Waals surface area contributed by atoms with E-state index in [9.17, 15) is 4.79 Å². The standard InChI is InChI=1S/C23H24N2O2/c1-24(23(26)16-25-12-11-18-5-3-4-6-22(18)25)15-17-7-8-20-14-21(27-2)10-9-19(20)13-17/h3-10,13-14H,11-12,15-16H2,1-2H3. The maximum absolute atomic E-state index is 12.7. The fourth-order valence-corrected chi connectivity index (χ4v) is 3.72. The molecule has 3 aromatic rings. The van der Waals surface area contributed by atoms with Gasteiger partial charge < -0.3 is 14.5 Å². The van der Waals surface area contributed by atoms with Gasteiger partial charge in [0.2, 0.25) is 5.91 Å². The summed E-state index contributed by atoms with van der Waals surface area (Å²) in [5, 5.41) is 2.29. The van der Waals surface area contributed by atoms with E-state index >= 15 is 0 Å². The minimum atomic E-state index is 0.140. The molecule has 27 heavy (non-hydrogen) atoms. The lowest BCUT2D eigenvalue weighted by Crippen LogP contribution is -2.37. The summed E-state index contributed by atoms with van der Waals surface area (Å²) in [7, 11) is 3.55. The van der Waals surface area contributed by atoms with Crippen molar-refractivity contribution in [3.63, 3.8) is 0 Å². The van der Waals surface area contributed by atoms with E-state index in [1.807, 2.05) is 30.1 Å². The number of fused-ring (bicyclic) bond motifs is 2. The zero-order chi connectivity index (χ0) is 18.8. The molecular formula is C23H24N2O2. The van der Waals surface area contributed by atoms with Crippen LogP contribution in [0.2, 0.25) is 0 Å². The molecule has 0 N–H and O–H groups in total. The minimum absolute atomic E-state index is 0.140. The molecule has 0 unspecified atom stereocenters. The van der Waals surface area contributed by atoms with Crippen molar-refractivity contribution in [1.82, 2.24) is 4.90 Å². The second kappa shape index (κ2) is 7.31. The van der Waals surface area contributed by atoms with Crippen molar-refractivity contribution in [2.24, 2.45) is 0 Å². The maximum Gasteiger partial charge on any atom is 0.242 e. The van der Waals surface area contributed by atoms with Gasteiger partial charge in [0.1, 0.15) is 5.75 Å². The van der Waals surface area contributed by atoms with Gasteiger partial charge in [-0.3, -0.25) is 4.79 Å². The number of hydrogen-bond donors (Lipinski definition) is 0. The molecule has 4 nitrogen and oxygen atoms in total. The largest absolute Gasteiger partial charge is 0.497 e. The van der Waals surface area contributed by atoms with Crippen LogP contribution >= 0.6 is 0 Å². The summed E-state index contributed by atoms with van der Waals surface area (Å²) in [4.78, 5) is 16.7. The van der Waals surface area contributed by atoms with Crippen LogP contribution in [-0.2, 0) is 17.8 Å². The zero-order valence-corrected chi connectivity index (χ0v) is 15.8. The Bertz CT molecular complexity index is 983. The SMILES string of the molecule is COc1ccc2cc(CN(C)C(=O)CN3CCc4ccccc43)ccc2c1. The zero-order valence-electron chi connectivity index (χ0n) is 15.8. The quantitative estimate of drug-likeness (QED) is 0.692. The van der Waals surface area contributed by atoms with Crippen molar-refractivity contribution in [2.75, 3.05) is 32.1 Å². The predicted octanol–water partition coefficient (Wildman–Crippen LogP) is 3.87. The van der Waals surface area contributed by atoms with E-state index in [-0.39, 0.29) is 5.91 Å². The highest BCUT2D eigenvalue weighted by Crippen LogP contribution is 2.27. The van der Waals surface area contributed by atoms with Crippen LogP contribution in [-0.4, -0.2) is 38.1 Å². The molecule has 0 fully saturated rings. The lowest BCUT2D eigenvalue weighted by molar-refractivity contribution is -0.128. The number of rotatable bonds is 5. The summed E-state index contributed by atoms with van der Waals surface area (Å²) < 4.78 is 5.28. The average Bonchev–Trinajstić information content (AvgIpc) is 3.10. The van der Waals surface area contributed by atoms with Gasteiger partial charge in [-0.15, -0.1) is 0 Å². The first-order valence-corrected chi connectivity index (χ1v) is 9.27. The Morgan fingerprint density at radius 1 is 1.07 bits per heavy atom. The van der Waals surface area contributed by atoms with E-state index in [1.54, 1.807) is 7.11 Å². The Hall–Kier alpha value is -3.01. The number of methoxy groups -OCH3 is 1. The smallest absolute Gasteiger partial charge is 0.242 e. The highest BCUT2D eigenvalue weighted by atomic mass is 16.5.